The van der Waals surface area contributed by atoms with E-state index in [4.69, 9.17) is 10.7 Å². The summed E-state index contributed by atoms with van der Waals surface area (Å²) in [6, 6.07) is 46.9. The molecule has 3 heterocycles. The van der Waals surface area contributed by atoms with Crippen molar-refractivity contribution in [2.75, 3.05) is 0 Å². The largest absolute Gasteiger partial charge is 0.335 e. The van der Waals surface area contributed by atoms with Crippen molar-refractivity contribution in [2.24, 2.45) is 10.7 Å². The van der Waals surface area contributed by atoms with Gasteiger partial charge in [-0.05, 0) is 30.7 Å². The van der Waals surface area contributed by atoms with Crippen LogP contribution in [0.5, 0.6) is 0 Å². The van der Waals surface area contributed by atoms with Crippen LogP contribution in [0.25, 0.3) is 62.2 Å². The second-order valence-electron chi connectivity index (χ2n) is 12.0. The zero-order valence-electron chi connectivity index (χ0n) is 25.2. The molecule has 0 radical (unpaired) electrons. The van der Waals surface area contributed by atoms with Crippen molar-refractivity contribution < 1.29 is 0 Å². The molecule has 0 aliphatic carbocycles. The third-order valence-electron chi connectivity index (χ3n) is 8.90. The van der Waals surface area contributed by atoms with Crippen LogP contribution in [0.4, 0.5) is 0 Å². The van der Waals surface area contributed by atoms with Crippen LogP contribution < -0.4 is 11.1 Å². The molecule has 1 atom stereocenters. The van der Waals surface area contributed by atoms with E-state index in [1.54, 1.807) is 0 Å². The molecule has 9 rings (SSSR count). The molecule has 0 spiro atoms. The van der Waals surface area contributed by atoms with E-state index in [1.807, 2.05) is 46.9 Å². The Morgan fingerprint density at radius 2 is 1.22 bits per heavy atom. The molecular weight excluding hydrogens is 601 g/mol. The number of benzene rings is 6. The summed E-state index contributed by atoms with van der Waals surface area (Å²) >= 11 is 3.75. The number of aromatic nitrogens is 1. The van der Waals surface area contributed by atoms with Crippen molar-refractivity contribution in [3.05, 3.63) is 145 Å². The fraction of sp³-hybridized carbons (Fsp3) is 0.0750. The zero-order chi connectivity index (χ0) is 30.8. The number of nitrogens with one attached hydrogen (secondary N) is 1. The highest BCUT2D eigenvalue weighted by molar-refractivity contribution is 7.30. The Morgan fingerprint density at radius 1 is 0.652 bits per heavy atom. The van der Waals surface area contributed by atoms with Gasteiger partial charge in [-0.3, -0.25) is 10.7 Å². The SMILES string of the molecule is CC(N)(N/C(=N\Cc1ccccc1)c1ccccc1)n1c2ccccc2c2c3c4ccccc4sc3c3c4ccccc4sc3c21. The van der Waals surface area contributed by atoms with Gasteiger partial charge in [0, 0.05) is 52.0 Å². The van der Waals surface area contributed by atoms with Gasteiger partial charge in [0.25, 0.3) is 0 Å². The molecule has 1 unspecified atom stereocenters. The first-order valence-corrected chi connectivity index (χ1v) is 17.1. The molecule has 0 fully saturated rings. The van der Waals surface area contributed by atoms with E-state index in [-0.39, 0.29) is 0 Å². The molecule has 6 heteroatoms. The number of hydrogen-bond acceptors (Lipinski definition) is 4. The second-order valence-corrected chi connectivity index (χ2v) is 14.1. The summed E-state index contributed by atoms with van der Waals surface area (Å²) in [4.78, 5) is 5.12. The highest BCUT2D eigenvalue weighted by atomic mass is 32.1. The Bertz CT molecular complexity index is 2610. The van der Waals surface area contributed by atoms with Crippen LogP contribution in [0.15, 0.2) is 138 Å². The van der Waals surface area contributed by atoms with Crippen molar-refractivity contribution in [3.8, 4) is 0 Å². The smallest absolute Gasteiger partial charge is 0.166 e. The Labute approximate surface area is 274 Å². The quantitative estimate of drug-likeness (QED) is 0.113. The maximum atomic E-state index is 7.52. The summed E-state index contributed by atoms with van der Waals surface area (Å²) < 4.78 is 7.49. The molecule has 3 aromatic heterocycles. The van der Waals surface area contributed by atoms with Crippen molar-refractivity contribution in [2.45, 2.75) is 19.3 Å². The van der Waals surface area contributed by atoms with Crippen LogP contribution in [0.2, 0.25) is 0 Å². The molecule has 9 aromatic rings. The van der Waals surface area contributed by atoms with Gasteiger partial charge < -0.3 is 9.88 Å². The molecule has 3 N–H and O–H groups in total. The molecule has 0 saturated heterocycles. The van der Waals surface area contributed by atoms with Gasteiger partial charge in [-0.25, -0.2) is 0 Å². The molecule has 222 valence electrons. The number of rotatable bonds is 5. The number of fused-ring (bicyclic) bond motifs is 12. The normalized spacial score (nSPS) is 13.8. The predicted octanol–water partition coefficient (Wildman–Crippen LogP) is 10.4. The molecule has 0 amide bonds. The third kappa shape index (κ3) is 4.18. The summed E-state index contributed by atoms with van der Waals surface area (Å²) in [6.07, 6.45) is 0. The first kappa shape index (κ1) is 27.3. The van der Waals surface area contributed by atoms with E-state index in [0.29, 0.717) is 6.54 Å². The van der Waals surface area contributed by atoms with Crippen molar-refractivity contribution >= 4 is 90.7 Å². The molecule has 46 heavy (non-hydrogen) atoms. The monoisotopic (exact) mass is 630 g/mol. The Kier molecular flexibility index (Phi) is 6.25. The highest BCUT2D eigenvalue weighted by Crippen LogP contribution is 2.51. The molecule has 0 saturated carbocycles. The molecule has 4 nitrogen and oxygen atoms in total. The van der Waals surface area contributed by atoms with Crippen LogP contribution in [0.3, 0.4) is 0 Å². The van der Waals surface area contributed by atoms with Gasteiger partial charge in [-0.2, -0.15) is 0 Å². The third-order valence-corrected chi connectivity index (χ3v) is 11.3. The van der Waals surface area contributed by atoms with Crippen molar-refractivity contribution in [1.82, 2.24) is 9.88 Å². The van der Waals surface area contributed by atoms with Gasteiger partial charge in [-0.1, -0.05) is 115 Å². The highest BCUT2D eigenvalue weighted by Gasteiger charge is 2.31. The van der Waals surface area contributed by atoms with E-state index in [9.17, 15) is 0 Å². The van der Waals surface area contributed by atoms with Gasteiger partial charge in [0.05, 0.1) is 22.3 Å². The molecule has 0 aliphatic rings. The Balaban J connectivity index is 1.37. The zero-order valence-corrected chi connectivity index (χ0v) is 26.8. The van der Waals surface area contributed by atoms with Crippen LogP contribution in [-0.4, -0.2) is 10.4 Å². The molecule has 0 aliphatic heterocycles. The van der Waals surface area contributed by atoms with E-state index in [0.717, 1.165) is 28.0 Å². The topological polar surface area (TPSA) is 55.3 Å². The number of aliphatic imine (C=N–C) groups is 1. The average molecular weight is 631 g/mol. The Hall–Kier alpha value is -5.01. The second kappa shape index (κ2) is 10.5. The number of hydrogen-bond donors (Lipinski definition) is 2. The van der Waals surface area contributed by atoms with Gasteiger partial charge in [-0.15, -0.1) is 22.7 Å². The van der Waals surface area contributed by atoms with Crippen molar-refractivity contribution in [1.29, 1.82) is 0 Å². The average Bonchev–Trinajstić information content (AvgIpc) is 3.77. The van der Waals surface area contributed by atoms with Crippen LogP contribution in [0.1, 0.15) is 18.1 Å². The minimum atomic E-state index is -1.03. The Morgan fingerprint density at radius 3 is 1.93 bits per heavy atom. The van der Waals surface area contributed by atoms with E-state index >= 15 is 0 Å². The van der Waals surface area contributed by atoms with Gasteiger partial charge in [0.2, 0.25) is 0 Å². The minimum Gasteiger partial charge on any atom is -0.335 e. The number of para-hydroxylation sites is 1. The summed E-state index contributed by atoms with van der Waals surface area (Å²) in [6.45, 7) is 2.61. The van der Waals surface area contributed by atoms with Crippen molar-refractivity contribution in [3.63, 3.8) is 0 Å². The first-order valence-electron chi connectivity index (χ1n) is 15.5. The molecular formula is C40H30N4S2. The number of nitrogens with zero attached hydrogens (tertiary/aromatic N) is 2. The van der Waals surface area contributed by atoms with Crippen LogP contribution in [-0.2, 0) is 12.3 Å². The summed E-state index contributed by atoms with van der Waals surface area (Å²) in [7, 11) is 0. The molecule has 6 aromatic carbocycles. The summed E-state index contributed by atoms with van der Waals surface area (Å²) in [5.74, 6) is -0.273. The standard InChI is InChI=1S/C40H30N4S2/c1-40(41,43-39(26-16-6-3-7-17-26)42-24-25-14-4-2-5-15-25)44-30-21-11-8-18-27(30)33-34-28-19-9-12-22-31(28)45-37(34)35-29-20-10-13-23-32(29)46-38(35)36(33)44/h2-23H,24,41H2,1H3,(H,42,43). The lowest BCUT2D eigenvalue weighted by Gasteiger charge is -2.32. The van der Waals surface area contributed by atoms with Crippen LogP contribution in [0, 0.1) is 0 Å². The number of amidine groups is 1. The van der Waals surface area contributed by atoms with E-state index in [2.05, 4.69) is 126 Å². The maximum absolute atomic E-state index is 7.52. The fourth-order valence-corrected chi connectivity index (χ4v) is 9.54. The molecule has 0 bridgehead atoms. The summed E-state index contributed by atoms with van der Waals surface area (Å²) in [5, 5.41) is 11.4. The lowest BCUT2D eigenvalue weighted by atomic mass is 10.0. The fourth-order valence-electron chi connectivity index (χ4n) is 6.95. The maximum Gasteiger partial charge on any atom is 0.166 e. The first-order chi connectivity index (χ1) is 22.6. The number of nitrogens with two attached hydrogens (primary N) is 1. The number of thiophene rings is 2. The lowest BCUT2D eigenvalue weighted by Crippen LogP contribution is -2.55. The minimum absolute atomic E-state index is 0.545. The van der Waals surface area contributed by atoms with Gasteiger partial charge in [0.15, 0.2) is 5.79 Å². The predicted molar refractivity (Wildman–Crippen MR) is 199 cm³/mol. The lowest BCUT2D eigenvalue weighted by molar-refractivity contribution is 0.322. The van der Waals surface area contributed by atoms with E-state index in [1.165, 1.54) is 51.1 Å². The summed E-state index contributed by atoms with van der Waals surface area (Å²) in [5.41, 5.74) is 11.9. The van der Waals surface area contributed by atoms with E-state index < -0.39 is 5.79 Å². The van der Waals surface area contributed by atoms with Crippen LogP contribution >= 0.6 is 22.7 Å². The van der Waals surface area contributed by atoms with Gasteiger partial charge >= 0.3 is 0 Å². The van der Waals surface area contributed by atoms with Gasteiger partial charge in [0.1, 0.15) is 5.84 Å².